The molecule has 0 bridgehead atoms. The Hall–Kier alpha value is -3.12. The smallest absolute Gasteiger partial charge is 0.259 e. The van der Waals surface area contributed by atoms with Crippen molar-refractivity contribution in [3.63, 3.8) is 0 Å². The largest absolute Gasteiger partial charge is 0.356 e. The summed E-state index contributed by atoms with van der Waals surface area (Å²) in [6.45, 7) is 5.74. The molecule has 0 saturated carbocycles. The molecule has 2 aliphatic rings. The predicted molar refractivity (Wildman–Crippen MR) is 119 cm³/mol. The zero-order valence-electron chi connectivity index (χ0n) is 17.4. The maximum Gasteiger partial charge on any atom is 0.259 e. The van der Waals surface area contributed by atoms with Crippen LogP contribution in [0.15, 0.2) is 53.9 Å². The quantitative estimate of drug-likeness (QED) is 0.598. The van der Waals surface area contributed by atoms with E-state index in [1.54, 1.807) is 6.07 Å². The highest BCUT2D eigenvalue weighted by Crippen LogP contribution is 2.48. The van der Waals surface area contributed by atoms with E-state index in [4.69, 9.17) is 11.6 Å². The zero-order chi connectivity index (χ0) is 22.0. The molecule has 7 heteroatoms. The Bertz CT molecular complexity index is 1310. The second-order valence-corrected chi connectivity index (χ2v) is 8.72. The highest BCUT2D eigenvalue weighted by atomic mass is 35.5. The molecule has 2 aromatic carbocycles. The van der Waals surface area contributed by atoms with Crippen LogP contribution in [0, 0.1) is 5.82 Å². The average molecular weight is 438 g/mol. The molecule has 3 heterocycles. The molecule has 0 aliphatic carbocycles. The number of nitrogens with one attached hydrogen (secondary N) is 1. The molecule has 2 amide bonds. The minimum absolute atomic E-state index is 0.170. The summed E-state index contributed by atoms with van der Waals surface area (Å²) in [6.07, 6.45) is 2.05. The first-order chi connectivity index (χ1) is 14.8. The summed E-state index contributed by atoms with van der Waals surface area (Å²) in [5, 5.41) is 4.66. The van der Waals surface area contributed by atoms with Crippen molar-refractivity contribution in [1.82, 2.24) is 9.47 Å². The first-order valence-electron chi connectivity index (χ1n) is 10.2. The number of carbonyl (C=O) groups excluding carboxylic acids is 2. The van der Waals surface area contributed by atoms with Gasteiger partial charge in [-0.05, 0) is 49.2 Å². The van der Waals surface area contributed by atoms with Crippen LogP contribution in [0.1, 0.15) is 43.9 Å². The SMILES string of the molecule is CC(=O)N1CC2=C(C1=O)C(c1ccc(F)cc1Cl)c1cn(C(C)C)c3cccc(c13)N2. The van der Waals surface area contributed by atoms with E-state index in [9.17, 15) is 14.0 Å². The standard InChI is InChI=1S/C24H21ClFN3O2/c1-12(2)28-10-16-21(15-8-7-14(26)9-17(15)25)23-19(11-29(13(3)30)24(23)31)27-18-5-4-6-20(28)22(16)18/h4-10,12,21,27H,11H2,1-3H3. The van der Waals surface area contributed by atoms with Gasteiger partial charge in [0.05, 0.1) is 17.6 Å². The number of anilines is 1. The lowest BCUT2D eigenvalue weighted by atomic mass is 9.84. The third kappa shape index (κ3) is 2.89. The van der Waals surface area contributed by atoms with Crippen LogP contribution in [0.5, 0.6) is 0 Å². The number of carbonyl (C=O) groups is 2. The summed E-state index contributed by atoms with van der Waals surface area (Å²) in [5.41, 5.74) is 4.60. The Labute approximate surface area is 184 Å². The van der Waals surface area contributed by atoms with Crippen LogP contribution in [0.2, 0.25) is 5.02 Å². The van der Waals surface area contributed by atoms with Crippen molar-refractivity contribution in [2.24, 2.45) is 0 Å². The van der Waals surface area contributed by atoms with Crippen molar-refractivity contribution in [2.45, 2.75) is 32.7 Å². The fourth-order valence-corrected chi connectivity index (χ4v) is 4.99. The number of amides is 2. The molecule has 0 fully saturated rings. The van der Waals surface area contributed by atoms with E-state index in [1.165, 1.54) is 24.0 Å². The summed E-state index contributed by atoms with van der Waals surface area (Å²) in [7, 11) is 0. The topological polar surface area (TPSA) is 54.3 Å². The van der Waals surface area contributed by atoms with Crippen molar-refractivity contribution in [1.29, 1.82) is 0 Å². The molecule has 158 valence electrons. The van der Waals surface area contributed by atoms with Gasteiger partial charge in [0.15, 0.2) is 0 Å². The number of aromatic nitrogens is 1. The Kier molecular flexibility index (Phi) is 4.45. The van der Waals surface area contributed by atoms with Gasteiger partial charge in [-0.25, -0.2) is 4.39 Å². The maximum absolute atomic E-state index is 13.9. The van der Waals surface area contributed by atoms with Gasteiger partial charge in [-0.15, -0.1) is 0 Å². The van der Waals surface area contributed by atoms with Crippen LogP contribution >= 0.6 is 11.6 Å². The molecular weight excluding hydrogens is 417 g/mol. The fourth-order valence-electron chi connectivity index (χ4n) is 4.72. The van der Waals surface area contributed by atoms with Crippen LogP contribution in [-0.2, 0) is 9.59 Å². The van der Waals surface area contributed by atoms with Crippen LogP contribution in [0.3, 0.4) is 0 Å². The summed E-state index contributed by atoms with van der Waals surface area (Å²) in [5.74, 6) is -1.64. The normalized spacial score (nSPS) is 17.9. The molecule has 0 spiro atoms. The molecule has 5 rings (SSSR count). The second-order valence-electron chi connectivity index (χ2n) is 8.31. The number of halogens is 2. The fraction of sp³-hybridized carbons (Fsp3) is 0.250. The van der Waals surface area contributed by atoms with Gasteiger partial charge < -0.3 is 9.88 Å². The Morgan fingerprint density at radius 2 is 2.00 bits per heavy atom. The van der Waals surface area contributed by atoms with Crippen molar-refractivity contribution >= 4 is 40.0 Å². The van der Waals surface area contributed by atoms with E-state index in [0.717, 1.165) is 22.2 Å². The average Bonchev–Trinajstić information content (AvgIpc) is 3.20. The first-order valence-corrected chi connectivity index (χ1v) is 10.6. The van der Waals surface area contributed by atoms with Gasteiger partial charge in [0.25, 0.3) is 5.91 Å². The van der Waals surface area contributed by atoms with Gasteiger partial charge >= 0.3 is 0 Å². The molecule has 1 atom stereocenters. The molecule has 1 aromatic heterocycles. The lowest BCUT2D eigenvalue weighted by Crippen LogP contribution is -2.33. The van der Waals surface area contributed by atoms with Crippen LogP contribution in [0.4, 0.5) is 10.1 Å². The molecule has 3 aromatic rings. The third-order valence-electron chi connectivity index (χ3n) is 6.10. The highest BCUT2D eigenvalue weighted by molar-refractivity contribution is 6.31. The second kappa shape index (κ2) is 6.95. The summed E-state index contributed by atoms with van der Waals surface area (Å²) < 4.78 is 16.0. The zero-order valence-corrected chi connectivity index (χ0v) is 18.1. The number of rotatable bonds is 2. The lowest BCUT2D eigenvalue weighted by Gasteiger charge is -2.20. The van der Waals surface area contributed by atoms with Crippen molar-refractivity contribution in [2.75, 3.05) is 11.9 Å². The van der Waals surface area contributed by atoms with E-state index < -0.39 is 11.7 Å². The highest BCUT2D eigenvalue weighted by Gasteiger charge is 2.42. The van der Waals surface area contributed by atoms with Gasteiger partial charge in [0.1, 0.15) is 5.82 Å². The molecule has 2 aliphatic heterocycles. The molecule has 31 heavy (non-hydrogen) atoms. The van der Waals surface area contributed by atoms with E-state index in [1.807, 2.05) is 24.4 Å². The van der Waals surface area contributed by atoms with Crippen molar-refractivity contribution in [3.05, 3.63) is 75.8 Å². The Morgan fingerprint density at radius 3 is 2.68 bits per heavy atom. The van der Waals surface area contributed by atoms with Crippen molar-refractivity contribution < 1.29 is 14.0 Å². The van der Waals surface area contributed by atoms with Gasteiger partial charge in [0.2, 0.25) is 5.91 Å². The number of hydrogen-bond acceptors (Lipinski definition) is 3. The number of imide groups is 1. The number of hydrogen-bond donors (Lipinski definition) is 1. The molecule has 5 nitrogen and oxygen atoms in total. The van der Waals surface area contributed by atoms with Crippen molar-refractivity contribution in [3.8, 4) is 0 Å². The summed E-state index contributed by atoms with van der Waals surface area (Å²) >= 11 is 6.50. The minimum Gasteiger partial charge on any atom is -0.356 e. The van der Waals surface area contributed by atoms with E-state index in [0.29, 0.717) is 16.8 Å². The third-order valence-corrected chi connectivity index (χ3v) is 6.43. The number of nitrogens with zero attached hydrogens (tertiary/aromatic N) is 2. The van der Waals surface area contributed by atoms with Crippen LogP contribution < -0.4 is 5.32 Å². The minimum atomic E-state index is -0.529. The van der Waals surface area contributed by atoms with Gasteiger partial charge in [-0.2, -0.15) is 0 Å². The van der Waals surface area contributed by atoms with Gasteiger partial charge in [-0.1, -0.05) is 23.7 Å². The number of benzene rings is 2. The van der Waals surface area contributed by atoms with Crippen LogP contribution in [-0.4, -0.2) is 27.8 Å². The monoisotopic (exact) mass is 437 g/mol. The first kappa shape index (κ1) is 19.8. The molecule has 1 N–H and O–H groups in total. The summed E-state index contributed by atoms with van der Waals surface area (Å²) in [4.78, 5) is 26.8. The van der Waals surface area contributed by atoms with E-state index in [2.05, 4.69) is 23.7 Å². The van der Waals surface area contributed by atoms with Crippen LogP contribution in [0.25, 0.3) is 10.9 Å². The lowest BCUT2D eigenvalue weighted by molar-refractivity contribution is -0.139. The van der Waals surface area contributed by atoms with E-state index in [-0.39, 0.29) is 29.4 Å². The molecule has 0 saturated heterocycles. The van der Waals surface area contributed by atoms with E-state index >= 15 is 0 Å². The van der Waals surface area contributed by atoms with Gasteiger partial charge in [-0.3, -0.25) is 14.5 Å². The van der Waals surface area contributed by atoms with Gasteiger partial charge in [0, 0.05) is 46.9 Å². The Balaban J connectivity index is 1.85. The molecule has 1 unspecified atom stereocenters. The Morgan fingerprint density at radius 1 is 1.23 bits per heavy atom. The molecule has 0 radical (unpaired) electrons. The molecular formula is C24H21ClFN3O2. The maximum atomic E-state index is 13.9. The predicted octanol–water partition coefficient (Wildman–Crippen LogP) is 5.21. The summed E-state index contributed by atoms with van der Waals surface area (Å²) in [6, 6.07) is 10.4.